The molecule has 0 bridgehead atoms. The highest BCUT2D eigenvalue weighted by Gasteiger charge is 2.39. The van der Waals surface area contributed by atoms with E-state index in [9.17, 15) is 0 Å². The third-order valence-electron chi connectivity index (χ3n) is 3.00. The summed E-state index contributed by atoms with van der Waals surface area (Å²) in [5, 5.41) is 0. The Balaban J connectivity index is 2.45. The third-order valence-corrected chi connectivity index (χ3v) is 3.00. The van der Waals surface area contributed by atoms with Crippen molar-refractivity contribution in [3.8, 4) is 0 Å². The summed E-state index contributed by atoms with van der Waals surface area (Å²) in [7, 11) is 0. The highest BCUT2D eigenvalue weighted by Crippen LogP contribution is 2.45. The number of ether oxygens (including phenoxy) is 1. The van der Waals surface area contributed by atoms with Crippen LogP contribution in [0.5, 0.6) is 0 Å². The first-order valence-corrected chi connectivity index (χ1v) is 5.84. The van der Waals surface area contributed by atoms with Gasteiger partial charge >= 0.3 is 0 Å². The Kier molecular flexibility index (Phi) is 3.30. The molecule has 0 spiro atoms. The maximum absolute atomic E-state index is 5.92. The van der Waals surface area contributed by atoms with Crippen LogP contribution in [0.1, 0.15) is 54.4 Å². The highest BCUT2D eigenvalue weighted by molar-refractivity contribution is 4.88. The zero-order valence-electron chi connectivity index (χ0n) is 10.7. The fraction of sp³-hybridized carbons (Fsp3) is 1.00. The summed E-state index contributed by atoms with van der Waals surface area (Å²) in [5.41, 5.74) is 0.408. The molecule has 0 amide bonds. The van der Waals surface area contributed by atoms with Gasteiger partial charge in [0.15, 0.2) is 0 Å². The Morgan fingerprint density at radius 3 is 1.86 bits per heavy atom. The molecule has 1 fully saturated rings. The maximum Gasteiger partial charge on any atom is 0.0598 e. The van der Waals surface area contributed by atoms with Crippen LogP contribution in [0.15, 0.2) is 0 Å². The summed E-state index contributed by atoms with van der Waals surface area (Å²) < 4.78 is 5.92. The van der Waals surface area contributed by atoms with Gasteiger partial charge in [-0.2, -0.15) is 0 Å². The summed E-state index contributed by atoms with van der Waals surface area (Å²) in [4.78, 5) is 0. The van der Waals surface area contributed by atoms with Gasteiger partial charge in [-0.05, 0) is 50.9 Å². The van der Waals surface area contributed by atoms with Crippen molar-refractivity contribution in [1.29, 1.82) is 0 Å². The summed E-state index contributed by atoms with van der Waals surface area (Å²) in [6.45, 7) is 14.3. The van der Waals surface area contributed by atoms with Crippen LogP contribution in [0.25, 0.3) is 0 Å². The molecule has 0 N–H and O–H groups in total. The lowest BCUT2D eigenvalue weighted by Gasteiger charge is -2.33. The van der Waals surface area contributed by atoms with Crippen molar-refractivity contribution >= 4 is 0 Å². The second-order valence-corrected chi connectivity index (χ2v) is 6.73. The van der Waals surface area contributed by atoms with Crippen molar-refractivity contribution in [2.75, 3.05) is 6.61 Å². The normalized spacial score (nSPS) is 21.0. The predicted octanol–water partition coefficient (Wildman–Crippen LogP) is 3.87. The van der Waals surface area contributed by atoms with E-state index in [1.165, 1.54) is 12.8 Å². The van der Waals surface area contributed by atoms with Crippen LogP contribution in [0, 0.1) is 17.3 Å². The Hall–Kier alpha value is -0.0400. The first-order valence-electron chi connectivity index (χ1n) is 5.84. The van der Waals surface area contributed by atoms with Crippen LogP contribution in [0.2, 0.25) is 0 Å². The number of hydrogen-bond acceptors (Lipinski definition) is 1. The van der Waals surface area contributed by atoms with Gasteiger partial charge in [-0.3, -0.25) is 0 Å². The van der Waals surface area contributed by atoms with Crippen LogP contribution < -0.4 is 0 Å². The molecule has 0 aromatic heterocycles. The van der Waals surface area contributed by atoms with Gasteiger partial charge in [-0.15, -0.1) is 0 Å². The van der Waals surface area contributed by atoms with E-state index in [-0.39, 0.29) is 5.60 Å². The molecule has 0 aromatic rings. The van der Waals surface area contributed by atoms with Gasteiger partial charge in [0.1, 0.15) is 0 Å². The van der Waals surface area contributed by atoms with E-state index in [0.29, 0.717) is 5.41 Å². The molecule has 1 aliphatic carbocycles. The average molecular weight is 198 g/mol. The lowest BCUT2D eigenvalue weighted by atomic mass is 9.78. The second kappa shape index (κ2) is 3.84. The molecule has 1 rings (SSSR count). The van der Waals surface area contributed by atoms with Gasteiger partial charge < -0.3 is 4.74 Å². The van der Waals surface area contributed by atoms with E-state index >= 15 is 0 Å². The fourth-order valence-electron chi connectivity index (χ4n) is 1.93. The number of hydrogen-bond donors (Lipinski definition) is 0. The molecule has 1 nitrogen and oxygen atoms in total. The summed E-state index contributed by atoms with van der Waals surface area (Å²) in [6, 6.07) is 0. The summed E-state index contributed by atoms with van der Waals surface area (Å²) in [5.74, 6) is 1.67. The van der Waals surface area contributed by atoms with E-state index in [0.717, 1.165) is 18.4 Å². The molecule has 0 heterocycles. The van der Waals surface area contributed by atoms with Crippen molar-refractivity contribution in [2.45, 2.75) is 60.0 Å². The highest BCUT2D eigenvalue weighted by atomic mass is 16.5. The van der Waals surface area contributed by atoms with Crippen LogP contribution in [-0.2, 0) is 4.74 Å². The molecular weight excluding hydrogens is 172 g/mol. The van der Waals surface area contributed by atoms with Gasteiger partial charge in [-0.25, -0.2) is 0 Å². The molecule has 0 saturated heterocycles. The van der Waals surface area contributed by atoms with Gasteiger partial charge in [-0.1, -0.05) is 20.8 Å². The monoisotopic (exact) mass is 198 g/mol. The molecule has 84 valence electrons. The first-order chi connectivity index (χ1) is 6.20. The second-order valence-electron chi connectivity index (χ2n) is 6.73. The molecule has 1 saturated carbocycles. The van der Waals surface area contributed by atoms with Gasteiger partial charge in [0.25, 0.3) is 0 Å². The molecule has 0 aromatic carbocycles. The van der Waals surface area contributed by atoms with Crippen LogP contribution >= 0.6 is 0 Å². The van der Waals surface area contributed by atoms with Crippen molar-refractivity contribution in [1.82, 2.24) is 0 Å². The minimum absolute atomic E-state index is 0.0123. The molecule has 0 aliphatic heterocycles. The molecular formula is C13H26O. The minimum Gasteiger partial charge on any atom is -0.376 e. The Bertz CT molecular complexity index is 178. The largest absolute Gasteiger partial charge is 0.376 e. The molecule has 14 heavy (non-hydrogen) atoms. The smallest absolute Gasteiger partial charge is 0.0598 e. The molecule has 1 atom stereocenters. The fourth-order valence-corrected chi connectivity index (χ4v) is 1.93. The minimum atomic E-state index is 0.0123. The lowest BCUT2D eigenvalue weighted by molar-refractivity contribution is -0.0467. The molecule has 1 heteroatoms. The van der Waals surface area contributed by atoms with Crippen LogP contribution in [0.4, 0.5) is 0 Å². The SMILES string of the molecule is CC(C)(C)OCC(C1CC1)C(C)(C)C. The van der Waals surface area contributed by atoms with Crippen LogP contribution in [0.3, 0.4) is 0 Å². The first kappa shape index (κ1) is 12.0. The predicted molar refractivity (Wildman–Crippen MR) is 61.4 cm³/mol. The summed E-state index contributed by atoms with van der Waals surface area (Å²) in [6.07, 6.45) is 2.82. The molecule has 1 aliphatic rings. The van der Waals surface area contributed by atoms with Crippen molar-refractivity contribution < 1.29 is 4.74 Å². The Morgan fingerprint density at radius 1 is 1.07 bits per heavy atom. The van der Waals surface area contributed by atoms with Crippen molar-refractivity contribution in [3.63, 3.8) is 0 Å². The number of rotatable bonds is 3. The zero-order valence-corrected chi connectivity index (χ0v) is 10.7. The Morgan fingerprint density at radius 2 is 1.57 bits per heavy atom. The van der Waals surface area contributed by atoms with Crippen LogP contribution in [-0.4, -0.2) is 12.2 Å². The van der Waals surface area contributed by atoms with Gasteiger partial charge in [0, 0.05) is 0 Å². The summed E-state index contributed by atoms with van der Waals surface area (Å²) >= 11 is 0. The van der Waals surface area contributed by atoms with E-state index in [4.69, 9.17) is 4.74 Å². The molecule has 1 unspecified atom stereocenters. The van der Waals surface area contributed by atoms with E-state index in [2.05, 4.69) is 41.5 Å². The zero-order chi connectivity index (χ0) is 11.0. The van der Waals surface area contributed by atoms with E-state index < -0.39 is 0 Å². The quantitative estimate of drug-likeness (QED) is 0.669. The van der Waals surface area contributed by atoms with E-state index in [1.807, 2.05) is 0 Å². The average Bonchev–Trinajstić information content (AvgIpc) is 2.64. The standard InChI is InChI=1S/C13H26O/c1-12(2,3)11(10-7-8-10)9-14-13(4,5)6/h10-11H,7-9H2,1-6H3. The van der Waals surface area contributed by atoms with Crippen molar-refractivity contribution in [2.24, 2.45) is 17.3 Å². The lowest BCUT2D eigenvalue weighted by Crippen LogP contribution is -2.31. The Labute approximate surface area is 89.2 Å². The van der Waals surface area contributed by atoms with Gasteiger partial charge in [0.05, 0.1) is 12.2 Å². The topological polar surface area (TPSA) is 9.23 Å². The maximum atomic E-state index is 5.92. The van der Waals surface area contributed by atoms with E-state index in [1.54, 1.807) is 0 Å². The van der Waals surface area contributed by atoms with Gasteiger partial charge in [0.2, 0.25) is 0 Å². The van der Waals surface area contributed by atoms with Crippen molar-refractivity contribution in [3.05, 3.63) is 0 Å². The third kappa shape index (κ3) is 4.00. The molecule has 0 radical (unpaired) electrons.